The number of hydrogen-bond donors (Lipinski definition) is 1. The van der Waals surface area contributed by atoms with Crippen molar-refractivity contribution in [1.29, 1.82) is 0 Å². The van der Waals surface area contributed by atoms with Gasteiger partial charge in [0.2, 0.25) is 0 Å². The van der Waals surface area contributed by atoms with Crippen LogP contribution in [0.3, 0.4) is 0 Å². The molecular formula is C14H21NOS. The molecule has 0 aromatic heterocycles. The lowest BCUT2D eigenvalue weighted by atomic mass is 10.1. The molecule has 0 radical (unpaired) electrons. The zero-order valence-corrected chi connectivity index (χ0v) is 11.6. The maximum absolute atomic E-state index is 5.26. The molecule has 3 atom stereocenters. The lowest BCUT2D eigenvalue weighted by Gasteiger charge is -2.22. The Labute approximate surface area is 108 Å². The van der Waals surface area contributed by atoms with E-state index in [0.717, 1.165) is 11.0 Å². The molecule has 17 heavy (non-hydrogen) atoms. The van der Waals surface area contributed by atoms with Crippen LogP contribution in [-0.4, -0.2) is 24.2 Å². The van der Waals surface area contributed by atoms with Gasteiger partial charge in [-0.05, 0) is 36.8 Å². The molecule has 1 fully saturated rings. The summed E-state index contributed by atoms with van der Waals surface area (Å²) in [5.74, 6) is 2.22. The molecule has 2 nitrogen and oxygen atoms in total. The van der Waals surface area contributed by atoms with Gasteiger partial charge >= 0.3 is 0 Å². The second-order valence-corrected chi connectivity index (χ2v) is 6.12. The number of thioether (sulfide) groups is 1. The van der Waals surface area contributed by atoms with Crippen LogP contribution in [-0.2, 0) is 0 Å². The fourth-order valence-electron chi connectivity index (χ4n) is 2.28. The summed E-state index contributed by atoms with van der Waals surface area (Å²) in [6.07, 6.45) is 1.28. The highest BCUT2D eigenvalue weighted by atomic mass is 32.2. The Kier molecular flexibility index (Phi) is 4.35. The Hall–Kier alpha value is -0.670. The van der Waals surface area contributed by atoms with Gasteiger partial charge in [0.25, 0.3) is 0 Å². The second kappa shape index (κ2) is 5.78. The molecule has 94 valence electrons. The summed E-state index contributed by atoms with van der Waals surface area (Å²) in [5.41, 5.74) is 1.30. The molecule has 0 amide bonds. The molecule has 2 unspecified atom stereocenters. The van der Waals surface area contributed by atoms with E-state index < -0.39 is 0 Å². The van der Waals surface area contributed by atoms with Crippen molar-refractivity contribution < 1.29 is 4.74 Å². The Morgan fingerprint density at radius 3 is 2.94 bits per heavy atom. The second-order valence-electron chi connectivity index (χ2n) is 4.64. The molecule has 2 rings (SSSR count). The van der Waals surface area contributed by atoms with Crippen molar-refractivity contribution in [2.45, 2.75) is 37.6 Å². The average Bonchev–Trinajstić information content (AvgIpc) is 2.75. The summed E-state index contributed by atoms with van der Waals surface area (Å²) in [6.45, 7) is 4.54. The molecule has 1 aromatic rings. The van der Waals surface area contributed by atoms with Gasteiger partial charge in [-0.25, -0.2) is 0 Å². The molecule has 1 aromatic carbocycles. The largest absolute Gasteiger partial charge is 0.497 e. The Morgan fingerprint density at radius 2 is 2.29 bits per heavy atom. The van der Waals surface area contributed by atoms with E-state index in [1.165, 1.54) is 17.7 Å². The Balaban J connectivity index is 2.00. The zero-order chi connectivity index (χ0) is 12.3. The molecule has 1 aliphatic rings. The van der Waals surface area contributed by atoms with E-state index >= 15 is 0 Å². The molecular weight excluding hydrogens is 230 g/mol. The van der Waals surface area contributed by atoms with Crippen molar-refractivity contribution in [2.75, 3.05) is 12.9 Å². The molecule has 1 saturated heterocycles. The van der Waals surface area contributed by atoms with E-state index in [-0.39, 0.29) is 0 Å². The highest BCUT2D eigenvalue weighted by molar-refractivity contribution is 8.00. The van der Waals surface area contributed by atoms with Crippen LogP contribution in [0.2, 0.25) is 0 Å². The van der Waals surface area contributed by atoms with Crippen LogP contribution >= 0.6 is 11.8 Å². The van der Waals surface area contributed by atoms with Crippen molar-refractivity contribution in [2.24, 2.45) is 0 Å². The van der Waals surface area contributed by atoms with Crippen LogP contribution in [0.5, 0.6) is 5.75 Å². The normalized spacial score (nSPS) is 25.8. The van der Waals surface area contributed by atoms with E-state index in [4.69, 9.17) is 4.74 Å². The smallest absolute Gasteiger partial charge is 0.119 e. The van der Waals surface area contributed by atoms with Crippen LogP contribution in [0, 0.1) is 0 Å². The van der Waals surface area contributed by atoms with Gasteiger partial charge in [-0.1, -0.05) is 19.1 Å². The number of nitrogens with one attached hydrogen (secondary N) is 1. The number of rotatable bonds is 4. The highest BCUT2D eigenvalue weighted by Crippen LogP contribution is 2.28. The SMILES string of the molecule is COc1cccc([C@@H](C)NC2CCSC2C)c1. The molecule has 1 N–H and O–H groups in total. The van der Waals surface area contributed by atoms with Gasteiger partial charge < -0.3 is 10.1 Å². The van der Waals surface area contributed by atoms with Crippen LogP contribution < -0.4 is 10.1 Å². The van der Waals surface area contributed by atoms with Gasteiger partial charge in [-0.2, -0.15) is 11.8 Å². The summed E-state index contributed by atoms with van der Waals surface area (Å²) < 4.78 is 5.26. The third kappa shape index (κ3) is 3.17. The number of ether oxygens (including phenoxy) is 1. The number of benzene rings is 1. The van der Waals surface area contributed by atoms with Crippen molar-refractivity contribution in [3.8, 4) is 5.75 Å². The van der Waals surface area contributed by atoms with Crippen LogP contribution in [0.15, 0.2) is 24.3 Å². The van der Waals surface area contributed by atoms with Gasteiger partial charge in [0, 0.05) is 17.3 Å². The fourth-order valence-corrected chi connectivity index (χ4v) is 3.49. The zero-order valence-electron chi connectivity index (χ0n) is 10.8. The predicted molar refractivity (Wildman–Crippen MR) is 74.9 cm³/mol. The fraction of sp³-hybridized carbons (Fsp3) is 0.571. The van der Waals surface area contributed by atoms with Gasteiger partial charge in [0.1, 0.15) is 5.75 Å². The minimum atomic E-state index is 0.385. The third-order valence-electron chi connectivity index (χ3n) is 3.43. The predicted octanol–water partition coefficient (Wildman–Crippen LogP) is 3.24. The van der Waals surface area contributed by atoms with E-state index in [9.17, 15) is 0 Å². The Morgan fingerprint density at radius 1 is 1.47 bits per heavy atom. The molecule has 1 heterocycles. The number of methoxy groups -OCH3 is 1. The highest BCUT2D eigenvalue weighted by Gasteiger charge is 2.25. The van der Waals surface area contributed by atoms with Crippen molar-refractivity contribution in [3.05, 3.63) is 29.8 Å². The van der Waals surface area contributed by atoms with Crippen molar-refractivity contribution in [3.63, 3.8) is 0 Å². The minimum absolute atomic E-state index is 0.385. The number of hydrogen-bond acceptors (Lipinski definition) is 3. The van der Waals surface area contributed by atoms with E-state index in [2.05, 4.69) is 49.1 Å². The molecule has 1 aliphatic heterocycles. The first-order chi connectivity index (χ1) is 8.20. The molecule has 3 heteroatoms. The van der Waals surface area contributed by atoms with Gasteiger partial charge in [0.15, 0.2) is 0 Å². The first kappa shape index (κ1) is 12.8. The summed E-state index contributed by atoms with van der Waals surface area (Å²) in [4.78, 5) is 0. The lowest BCUT2D eigenvalue weighted by molar-refractivity contribution is 0.411. The van der Waals surface area contributed by atoms with Crippen molar-refractivity contribution >= 4 is 11.8 Å². The van der Waals surface area contributed by atoms with E-state index in [1.807, 2.05) is 6.07 Å². The monoisotopic (exact) mass is 251 g/mol. The minimum Gasteiger partial charge on any atom is -0.497 e. The van der Waals surface area contributed by atoms with Crippen LogP contribution in [0.25, 0.3) is 0 Å². The van der Waals surface area contributed by atoms with Crippen molar-refractivity contribution in [1.82, 2.24) is 5.32 Å². The van der Waals surface area contributed by atoms with Gasteiger partial charge in [0.05, 0.1) is 7.11 Å². The van der Waals surface area contributed by atoms with Gasteiger partial charge in [-0.3, -0.25) is 0 Å². The standard InChI is InChI=1S/C14H21NOS/c1-10(15-14-7-8-17-11(14)2)12-5-4-6-13(9-12)16-3/h4-6,9-11,14-15H,7-8H2,1-3H3/t10-,11?,14?/m1/s1. The van der Waals surface area contributed by atoms with Gasteiger partial charge in [-0.15, -0.1) is 0 Å². The summed E-state index contributed by atoms with van der Waals surface area (Å²) in [5, 5.41) is 4.44. The molecule has 0 aliphatic carbocycles. The maximum Gasteiger partial charge on any atom is 0.119 e. The van der Waals surface area contributed by atoms with E-state index in [1.54, 1.807) is 7.11 Å². The Bertz CT molecular complexity index is 369. The quantitative estimate of drug-likeness (QED) is 0.887. The first-order valence-corrected chi connectivity index (χ1v) is 7.27. The third-order valence-corrected chi connectivity index (χ3v) is 4.76. The maximum atomic E-state index is 5.26. The lowest BCUT2D eigenvalue weighted by Crippen LogP contribution is -2.35. The van der Waals surface area contributed by atoms with Crippen LogP contribution in [0.4, 0.5) is 0 Å². The summed E-state index contributed by atoms with van der Waals surface area (Å²) in [7, 11) is 1.72. The summed E-state index contributed by atoms with van der Waals surface area (Å²) in [6, 6.07) is 9.35. The topological polar surface area (TPSA) is 21.3 Å². The first-order valence-electron chi connectivity index (χ1n) is 6.22. The molecule has 0 spiro atoms. The molecule has 0 bridgehead atoms. The van der Waals surface area contributed by atoms with E-state index in [0.29, 0.717) is 12.1 Å². The van der Waals surface area contributed by atoms with Crippen LogP contribution in [0.1, 0.15) is 31.9 Å². The average molecular weight is 251 g/mol. The summed E-state index contributed by atoms with van der Waals surface area (Å²) >= 11 is 2.06. The molecule has 0 saturated carbocycles.